The molecule has 0 bridgehead atoms. The van der Waals surface area contributed by atoms with E-state index in [-0.39, 0.29) is 12.2 Å². The molecule has 1 aromatic carbocycles. The second-order valence-electron chi connectivity index (χ2n) is 6.10. The fraction of sp³-hybridized carbons (Fsp3) is 0.176. The van der Waals surface area contributed by atoms with E-state index in [1.54, 1.807) is 36.0 Å². The Labute approximate surface area is 153 Å². The molecule has 27 heavy (non-hydrogen) atoms. The molecule has 0 radical (unpaired) electrons. The Bertz CT molecular complexity index is 1080. The number of nitrogens with one attached hydrogen (secondary N) is 3. The van der Waals surface area contributed by atoms with Crippen LogP contribution < -0.4 is 16.0 Å². The molecule has 1 unspecified atom stereocenters. The molecule has 0 spiro atoms. The van der Waals surface area contributed by atoms with Crippen LogP contribution in [0.25, 0.3) is 11.0 Å². The van der Waals surface area contributed by atoms with Crippen molar-refractivity contribution < 1.29 is 14.4 Å². The molecule has 3 heterocycles. The Balaban J connectivity index is 1.61. The maximum Gasteiger partial charge on any atom is 0.322 e. The Morgan fingerprint density at radius 2 is 2.00 bits per heavy atom. The van der Waals surface area contributed by atoms with Gasteiger partial charge in [-0.3, -0.25) is 19.9 Å². The van der Waals surface area contributed by atoms with Crippen molar-refractivity contribution >= 4 is 28.9 Å². The van der Waals surface area contributed by atoms with Gasteiger partial charge in [-0.2, -0.15) is 0 Å². The number of benzene rings is 1. The summed E-state index contributed by atoms with van der Waals surface area (Å²) in [5, 5.41) is 7.40. The van der Waals surface area contributed by atoms with Gasteiger partial charge in [0, 0.05) is 19.4 Å². The maximum absolute atomic E-state index is 12.5. The quantitative estimate of drug-likeness (QED) is 0.550. The molecular formula is C17H15N7O3. The standard InChI is InChI=1S/C17H15N7O3/c1-24-7-6-18-14(24)17(15(26)22-16(27)23-17)9-20-13(25)12-8-19-10-4-2-3-5-11(10)21-12/h2-8H,9H2,1H3,(H,20,25)(H2,22,23,26,27). The van der Waals surface area contributed by atoms with Crippen molar-refractivity contribution in [3.05, 3.63) is 54.4 Å². The van der Waals surface area contributed by atoms with Crippen LogP contribution in [0.1, 0.15) is 16.3 Å². The summed E-state index contributed by atoms with van der Waals surface area (Å²) < 4.78 is 1.60. The van der Waals surface area contributed by atoms with E-state index in [2.05, 4.69) is 30.9 Å². The first kappa shape index (κ1) is 16.6. The number of amides is 4. The highest BCUT2D eigenvalue weighted by Gasteiger charge is 2.50. The number of hydrogen-bond acceptors (Lipinski definition) is 6. The normalized spacial score (nSPS) is 19.0. The minimum absolute atomic E-state index is 0.105. The number of para-hydroxylation sites is 2. The molecule has 4 amide bonds. The van der Waals surface area contributed by atoms with Crippen LogP contribution in [0.3, 0.4) is 0 Å². The van der Waals surface area contributed by atoms with Crippen LogP contribution in [-0.4, -0.2) is 43.9 Å². The third kappa shape index (κ3) is 2.76. The highest BCUT2D eigenvalue weighted by Crippen LogP contribution is 2.22. The zero-order chi connectivity index (χ0) is 19.0. The number of aromatic nitrogens is 4. The summed E-state index contributed by atoms with van der Waals surface area (Å²) in [5.41, 5.74) is -0.153. The van der Waals surface area contributed by atoms with E-state index in [0.717, 1.165) is 0 Å². The number of urea groups is 1. The highest BCUT2D eigenvalue weighted by atomic mass is 16.2. The predicted molar refractivity (Wildman–Crippen MR) is 93.4 cm³/mol. The number of fused-ring (bicyclic) bond motifs is 1. The van der Waals surface area contributed by atoms with Gasteiger partial charge in [-0.05, 0) is 12.1 Å². The van der Waals surface area contributed by atoms with E-state index in [9.17, 15) is 14.4 Å². The second kappa shape index (κ2) is 6.16. The number of nitrogens with zero attached hydrogens (tertiary/aromatic N) is 4. The fourth-order valence-corrected chi connectivity index (χ4v) is 3.00. The molecule has 3 N–H and O–H groups in total. The monoisotopic (exact) mass is 365 g/mol. The van der Waals surface area contributed by atoms with Crippen LogP contribution in [0, 0.1) is 0 Å². The third-order valence-electron chi connectivity index (χ3n) is 4.34. The summed E-state index contributed by atoms with van der Waals surface area (Å²) in [6.07, 6.45) is 4.51. The summed E-state index contributed by atoms with van der Waals surface area (Å²) in [4.78, 5) is 49.4. The molecule has 1 fully saturated rings. The molecule has 1 saturated heterocycles. The molecule has 4 rings (SSSR count). The smallest absolute Gasteiger partial charge is 0.322 e. The van der Waals surface area contributed by atoms with E-state index >= 15 is 0 Å². The molecule has 10 nitrogen and oxygen atoms in total. The topological polar surface area (TPSA) is 131 Å². The summed E-state index contributed by atoms with van der Waals surface area (Å²) in [5.74, 6) is -0.807. The first-order valence-corrected chi connectivity index (χ1v) is 8.11. The molecule has 10 heteroatoms. The number of imide groups is 1. The Morgan fingerprint density at radius 1 is 1.22 bits per heavy atom. The zero-order valence-corrected chi connectivity index (χ0v) is 14.3. The number of aryl methyl sites for hydroxylation is 1. The van der Waals surface area contributed by atoms with E-state index in [1.165, 1.54) is 12.4 Å². The minimum atomic E-state index is -1.50. The molecule has 1 aliphatic heterocycles. The van der Waals surface area contributed by atoms with Crippen molar-refractivity contribution in [3.8, 4) is 0 Å². The van der Waals surface area contributed by atoms with E-state index in [4.69, 9.17) is 0 Å². The first-order valence-electron chi connectivity index (χ1n) is 8.11. The van der Waals surface area contributed by atoms with E-state index < -0.39 is 23.4 Å². The minimum Gasteiger partial charge on any atom is -0.347 e. The summed E-state index contributed by atoms with van der Waals surface area (Å²) in [6, 6.07) is 6.52. The van der Waals surface area contributed by atoms with Gasteiger partial charge < -0.3 is 15.2 Å². The molecular weight excluding hydrogens is 350 g/mol. The summed E-state index contributed by atoms with van der Waals surface area (Å²) >= 11 is 0. The van der Waals surface area contributed by atoms with Crippen LogP contribution >= 0.6 is 0 Å². The van der Waals surface area contributed by atoms with Crippen molar-refractivity contribution in [3.63, 3.8) is 0 Å². The van der Waals surface area contributed by atoms with Crippen molar-refractivity contribution in [1.29, 1.82) is 0 Å². The lowest BCUT2D eigenvalue weighted by Gasteiger charge is -2.25. The average molecular weight is 365 g/mol. The van der Waals surface area contributed by atoms with Gasteiger partial charge >= 0.3 is 6.03 Å². The van der Waals surface area contributed by atoms with Crippen LogP contribution in [-0.2, 0) is 17.4 Å². The lowest BCUT2D eigenvalue weighted by Crippen LogP contribution is -2.54. The molecule has 0 aliphatic carbocycles. The average Bonchev–Trinajstić information content (AvgIpc) is 3.22. The first-order chi connectivity index (χ1) is 13.0. The Hall–Kier alpha value is -3.82. The lowest BCUT2D eigenvalue weighted by atomic mass is 9.98. The lowest BCUT2D eigenvalue weighted by molar-refractivity contribution is -0.124. The zero-order valence-electron chi connectivity index (χ0n) is 14.3. The van der Waals surface area contributed by atoms with Gasteiger partial charge in [0.05, 0.1) is 23.8 Å². The van der Waals surface area contributed by atoms with Crippen molar-refractivity contribution in [1.82, 2.24) is 35.5 Å². The van der Waals surface area contributed by atoms with E-state index in [0.29, 0.717) is 16.9 Å². The summed E-state index contributed by atoms with van der Waals surface area (Å²) in [7, 11) is 1.69. The molecule has 1 aliphatic rings. The van der Waals surface area contributed by atoms with Crippen LogP contribution in [0.15, 0.2) is 42.9 Å². The van der Waals surface area contributed by atoms with Gasteiger partial charge in [-0.25, -0.2) is 14.8 Å². The number of rotatable bonds is 4. The fourth-order valence-electron chi connectivity index (χ4n) is 3.00. The Kier molecular flexibility index (Phi) is 3.80. The van der Waals surface area contributed by atoms with Crippen LogP contribution in [0.4, 0.5) is 4.79 Å². The third-order valence-corrected chi connectivity index (χ3v) is 4.34. The predicted octanol–water partition coefficient (Wildman–Crippen LogP) is -0.172. The molecule has 3 aromatic rings. The molecule has 0 saturated carbocycles. The van der Waals surface area contributed by atoms with E-state index in [1.807, 2.05) is 6.07 Å². The molecule has 136 valence electrons. The van der Waals surface area contributed by atoms with Crippen LogP contribution in [0.5, 0.6) is 0 Å². The maximum atomic E-state index is 12.5. The van der Waals surface area contributed by atoms with Crippen molar-refractivity contribution in [2.45, 2.75) is 5.54 Å². The van der Waals surface area contributed by atoms with Gasteiger partial charge in [0.2, 0.25) is 0 Å². The SMILES string of the molecule is Cn1ccnc1C1(CNC(=O)c2cnc3ccccc3n2)NC(=O)NC1=O. The Morgan fingerprint density at radius 3 is 2.67 bits per heavy atom. The number of imidazole rings is 1. The largest absolute Gasteiger partial charge is 0.347 e. The summed E-state index contributed by atoms with van der Waals surface area (Å²) in [6.45, 7) is -0.192. The number of carbonyl (C=O) groups is 3. The van der Waals surface area contributed by atoms with Gasteiger partial charge in [0.25, 0.3) is 11.8 Å². The molecule has 1 atom stereocenters. The van der Waals surface area contributed by atoms with Crippen molar-refractivity contribution in [2.24, 2.45) is 7.05 Å². The highest BCUT2D eigenvalue weighted by molar-refractivity contribution is 6.07. The van der Waals surface area contributed by atoms with Gasteiger partial charge in [0.15, 0.2) is 5.54 Å². The molecule has 2 aromatic heterocycles. The van der Waals surface area contributed by atoms with Crippen LogP contribution in [0.2, 0.25) is 0 Å². The van der Waals surface area contributed by atoms with Gasteiger partial charge in [-0.1, -0.05) is 12.1 Å². The number of hydrogen-bond donors (Lipinski definition) is 3. The van der Waals surface area contributed by atoms with Gasteiger partial charge in [0.1, 0.15) is 11.5 Å². The van der Waals surface area contributed by atoms with Gasteiger partial charge in [-0.15, -0.1) is 0 Å². The number of carbonyl (C=O) groups excluding carboxylic acids is 3. The second-order valence-corrected chi connectivity index (χ2v) is 6.10. The van der Waals surface area contributed by atoms with Crippen molar-refractivity contribution in [2.75, 3.05) is 6.54 Å².